The molecule has 2 nitrogen and oxygen atoms in total. The van der Waals surface area contributed by atoms with Crippen molar-refractivity contribution in [2.75, 3.05) is 0 Å². The Kier molecular flexibility index (Phi) is 4.74. The molecule has 0 spiro atoms. The largest absolute Gasteiger partial charge is 0.271 e. The van der Waals surface area contributed by atoms with Crippen molar-refractivity contribution in [3.63, 3.8) is 0 Å². The molecule has 0 heterocycles. The highest BCUT2D eigenvalue weighted by Gasteiger charge is 2.24. The van der Waals surface area contributed by atoms with Gasteiger partial charge in [0.05, 0.1) is 0 Å². The van der Waals surface area contributed by atoms with Crippen LogP contribution < -0.4 is 11.3 Å². The van der Waals surface area contributed by atoms with Gasteiger partial charge in [-0.1, -0.05) is 39.5 Å². The topological polar surface area (TPSA) is 38.0 Å². The van der Waals surface area contributed by atoms with E-state index in [2.05, 4.69) is 19.3 Å². The van der Waals surface area contributed by atoms with Crippen LogP contribution in [0.3, 0.4) is 0 Å². The van der Waals surface area contributed by atoms with Crippen molar-refractivity contribution in [3.05, 3.63) is 0 Å². The highest BCUT2D eigenvalue weighted by atomic mass is 15.2. The number of hydrogen-bond donors (Lipinski definition) is 2. The fourth-order valence-electron chi connectivity index (χ4n) is 2.13. The molecule has 13 heavy (non-hydrogen) atoms. The maximum Gasteiger partial charge on any atom is 0.0238 e. The van der Waals surface area contributed by atoms with E-state index in [4.69, 9.17) is 5.84 Å². The second-order valence-electron chi connectivity index (χ2n) is 4.37. The lowest BCUT2D eigenvalue weighted by Crippen LogP contribution is -2.40. The number of hydrazine groups is 1. The van der Waals surface area contributed by atoms with E-state index in [1.807, 2.05) is 0 Å². The van der Waals surface area contributed by atoms with Crippen LogP contribution in [0.5, 0.6) is 0 Å². The Hall–Kier alpha value is -0.0800. The van der Waals surface area contributed by atoms with E-state index in [1.54, 1.807) is 0 Å². The third-order valence-corrected chi connectivity index (χ3v) is 3.41. The Balaban J connectivity index is 2.21. The summed E-state index contributed by atoms with van der Waals surface area (Å²) in [7, 11) is 0. The SMILES string of the molecule is CCC(CC)C(CCC1CC1)NN. The predicted octanol–water partition coefficient (Wildman–Crippen LogP) is 2.44. The lowest BCUT2D eigenvalue weighted by molar-refractivity contribution is 0.311. The number of nitrogens with one attached hydrogen (secondary N) is 1. The molecule has 1 atom stereocenters. The summed E-state index contributed by atoms with van der Waals surface area (Å²) in [6, 6.07) is 0.551. The molecule has 1 fully saturated rings. The fourth-order valence-corrected chi connectivity index (χ4v) is 2.13. The minimum Gasteiger partial charge on any atom is -0.271 e. The van der Waals surface area contributed by atoms with Crippen molar-refractivity contribution in [3.8, 4) is 0 Å². The summed E-state index contributed by atoms with van der Waals surface area (Å²) < 4.78 is 0. The van der Waals surface area contributed by atoms with E-state index >= 15 is 0 Å². The van der Waals surface area contributed by atoms with Crippen LogP contribution in [0.25, 0.3) is 0 Å². The summed E-state index contributed by atoms with van der Waals surface area (Å²) in [5.74, 6) is 7.38. The van der Waals surface area contributed by atoms with Crippen molar-refractivity contribution in [1.29, 1.82) is 0 Å². The minimum absolute atomic E-state index is 0.551. The van der Waals surface area contributed by atoms with E-state index in [0.717, 1.165) is 11.8 Å². The Bertz CT molecular complexity index is 128. The number of nitrogens with two attached hydrogens (primary N) is 1. The Morgan fingerprint density at radius 1 is 1.31 bits per heavy atom. The minimum atomic E-state index is 0.551. The Morgan fingerprint density at radius 2 is 1.92 bits per heavy atom. The summed E-state index contributed by atoms with van der Waals surface area (Å²) in [6.07, 6.45) is 8.06. The van der Waals surface area contributed by atoms with Crippen molar-refractivity contribution < 1.29 is 0 Å². The van der Waals surface area contributed by atoms with Gasteiger partial charge in [-0.2, -0.15) is 0 Å². The maximum atomic E-state index is 5.58. The van der Waals surface area contributed by atoms with Gasteiger partial charge in [-0.15, -0.1) is 0 Å². The van der Waals surface area contributed by atoms with Crippen LogP contribution in [0, 0.1) is 11.8 Å². The van der Waals surface area contributed by atoms with E-state index in [-0.39, 0.29) is 0 Å². The van der Waals surface area contributed by atoms with Gasteiger partial charge >= 0.3 is 0 Å². The van der Waals surface area contributed by atoms with Crippen molar-refractivity contribution >= 4 is 0 Å². The van der Waals surface area contributed by atoms with Gasteiger partial charge in [0.25, 0.3) is 0 Å². The second kappa shape index (κ2) is 5.61. The Morgan fingerprint density at radius 3 is 2.31 bits per heavy atom. The van der Waals surface area contributed by atoms with Crippen LogP contribution >= 0.6 is 0 Å². The average molecular weight is 184 g/mol. The van der Waals surface area contributed by atoms with Gasteiger partial charge < -0.3 is 0 Å². The summed E-state index contributed by atoms with van der Waals surface area (Å²) in [5, 5.41) is 0. The van der Waals surface area contributed by atoms with Crippen molar-refractivity contribution in [2.45, 2.75) is 58.4 Å². The van der Waals surface area contributed by atoms with Gasteiger partial charge in [0.15, 0.2) is 0 Å². The third-order valence-electron chi connectivity index (χ3n) is 3.41. The zero-order chi connectivity index (χ0) is 9.68. The molecule has 0 bridgehead atoms. The molecule has 1 aliphatic carbocycles. The van der Waals surface area contributed by atoms with E-state index in [1.165, 1.54) is 38.5 Å². The molecule has 0 radical (unpaired) electrons. The van der Waals surface area contributed by atoms with Gasteiger partial charge in [0.2, 0.25) is 0 Å². The summed E-state index contributed by atoms with van der Waals surface area (Å²) in [6.45, 7) is 4.52. The van der Waals surface area contributed by atoms with Crippen molar-refractivity contribution in [2.24, 2.45) is 17.7 Å². The molecule has 0 aromatic rings. The molecular weight excluding hydrogens is 160 g/mol. The average Bonchev–Trinajstić information content (AvgIpc) is 2.96. The summed E-state index contributed by atoms with van der Waals surface area (Å²) in [4.78, 5) is 0. The van der Waals surface area contributed by atoms with Gasteiger partial charge in [0.1, 0.15) is 0 Å². The molecule has 1 saturated carbocycles. The quantitative estimate of drug-likeness (QED) is 0.471. The highest BCUT2D eigenvalue weighted by molar-refractivity contribution is 4.78. The van der Waals surface area contributed by atoms with Crippen LogP contribution in [0.4, 0.5) is 0 Å². The van der Waals surface area contributed by atoms with Crippen LogP contribution in [0.15, 0.2) is 0 Å². The third kappa shape index (κ3) is 3.65. The molecule has 1 unspecified atom stereocenters. The smallest absolute Gasteiger partial charge is 0.0238 e. The van der Waals surface area contributed by atoms with E-state index in [0.29, 0.717) is 6.04 Å². The van der Waals surface area contributed by atoms with Gasteiger partial charge in [-0.3, -0.25) is 11.3 Å². The lowest BCUT2D eigenvalue weighted by Gasteiger charge is -2.24. The molecule has 2 heteroatoms. The molecule has 0 amide bonds. The number of hydrogen-bond acceptors (Lipinski definition) is 2. The van der Waals surface area contributed by atoms with Crippen LogP contribution in [0.2, 0.25) is 0 Å². The van der Waals surface area contributed by atoms with Gasteiger partial charge in [-0.25, -0.2) is 0 Å². The first-order chi connectivity index (χ1) is 6.31. The second-order valence-corrected chi connectivity index (χ2v) is 4.37. The lowest BCUT2D eigenvalue weighted by atomic mass is 9.91. The van der Waals surface area contributed by atoms with Gasteiger partial charge in [-0.05, 0) is 24.7 Å². The molecule has 3 N–H and O–H groups in total. The molecule has 0 saturated heterocycles. The first kappa shape index (κ1) is 11.0. The zero-order valence-electron chi connectivity index (χ0n) is 9.05. The van der Waals surface area contributed by atoms with E-state index in [9.17, 15) is 0 Å². The maximum absolute atomic E-state index is 5.58. The van der Waals surface area contributed by atoms with E-state index < -0.39 is 0 Å². The molecule has 1 rings (SSSR count). The summed E-state index contributed by atoms with van der Waals surface area (Å²) in [5.41, 5.74) is 2.99. The Labute approximate surface area is 82.2 Å². The fraction of sp³-hybridized carbons (Fsp3) is 1.00. The normalized spacial score (nSPS) is 19.4. The monoisotopic (exact) mass is 184 g/mol. The molecule has 78 valence electrons. The molecule has 0 aromatic carbocycles. The molecule has 0 aliphatic heterocycles. The first-order valence-corrected chi connectivity index (χ1v) is 5.77. The number of rotatable bonds is 7. The molecule has 1 aliphatic rings. The van der Waals surface area contributed by atoms with Gasteiger partial charge in [0, 0.05) is 6.04 Å². The zero-order valence-corrected chi connectivity index (χ0v) is 9.05. The summed E-state index contributed by atoms with van der Waals surface area (Å²) >= 11 is 0. The van der Waals surface area contributed by atoms with Crippen LogP contribution in [-0.4, -0.2) is 6.04 Å². The standard InChI is InChI=1S/C11H24N2/c1-3-10(4-2)11(13-12)8-7-9-5-6-9/h9-11,13H,3-8,12H2,1-2H3. The predicted molar refractivity (Wildman–Crippen MR) is 57.1 cm³/mol. The van der Waals surface area contributed by atoms with Crippen LogP contribution in [0.1, 0.15) is 52.4 Å². The van der Waals surface area contributed by atoms with Crippen LogP contribution in [-0.2, 0) is 0 Å². The molecular formula is C11H24N2. The first-order valence-electron chi connectivity index (χ1n) is 5.77. The van der Waals surface area contributed by atoms with Crippen molar-refractivity contribution in [1.82, 2.24) is 5.43 Å². The molecule has 0 aromatic heterocycles. The highest BCUT2D eigenvalue weighted by Crippen LogP contribution is 2.34.